The van der Waals surface area contributed by atoms with Crippen LogP contribution in [0.4, 0.5) is 23.7 Å². The molecule has 2 aliphatic rings. The molecule has 11 heteroatoms. The standard InChI is InChI=1S/C26H27F3N4O4/c1-24(2,3)37-23(36)32-11-9-25(10-12-32,26(27,28)29)33-14-15(13-30-33)21(34)17-7-8-19-20-16(17)5-4-6-18(20)22(35)31-19/h4-8,13-14,21,34H,9-12H2,1-3H3,(H,31,35). The first-order valence-corrected chi connectivity index (χ1v) is 12.0. The maximum absolute atomic E-state index is 14.5. The molecule has 0 bridgehead atoms. The number of amides is 2. The number of nitrogens with zero attached hydrogens (tertiary/aromatic N) is 3. The Bertz CT molecular complexity index is 1380. The number of carbonyl (C=O) groups excluding carboxylic acids is 2. The van der Waals surface area contributed by atoms with Gasteiger partial charge in [-0.2, -0.15) is 18.3 Å². The average molecular weight is 517 g/mol. The Morgan fingerprint density at radius 1 is 1.16 bits per heavy atom. The van der Waals surface area contributed by atoms with Crippen molar-refractivity contribution in [2.24, 2.45) is 0 Å². The van der Waals surface area contributed by atoms with Crippen LogP contribution in [-0.4, -0.2) is 56.7 Å². The van der Waals surface area contributed by atoms with Gasteiger partial charge in [0.15, 0.2) is 5.54 Å². The summed E-state index contributed by atoms with van der Waals surface area (Å²) in [6.07, 6.45) is -4.92. The minimum Gasteiger partial charge on any atom is -0.444 e. The van der Waals surface area contributed by atoms with Gasteiger partial charge in [0.1, 0.15) is 11.7 Å². The van der Waals surface area contributed by atoms with Crippen LogP contribution in [0.25, 0.3) is 10.8 Å². The molecule has 1 fully saturated rings. The second-order valence-electron chi connectivity index (χ2n) is 10.5. The summed E-state index contributed by atoms with van der Waals surface area (Å²) in [7, 11) is 0. The molecule has 0 aliphatic carbocycles. The summed E-state index contributed by atoms with van der Waals surface area (Å²) in [5, 5.41) is 19.3. The molecule has 1 aromatic heterocycles. The Labute approximate surface area is 211 Å². The Morgan fingerprint density at radius 3 is 2.51 bits per heavy atom. The Kier molecular flexibility index (Phi) is 5.74. The highest BCUT2D eigenvalue weighted by atomic mass is 19.4. The van der Waals surface area contributed by atoms with E-state index in [9.17, 15) is 27.9 Å². The van der Waals surface area contributed by atoms with Crippen LogP contribution in [0.2, 0.25) is 0 Å². The predicted molar refractivity (Wildman–Crippen MR) is 129 cm³/mol. The maximum atomic E-state index is 14.5. The van der Waals surface area contributed by atoms with Gasteiger partial charge in [-0.3, -0.25) is 9.48 Å². The molecule has 2 aromatic carbocycles. The van der Waals surface area contributed by atoms with Crippen molar-refractivity contribution in [1.29, 1.82) is 0 Å². The average Bonchev–Trinajstić information content (AvgIpc) is 3.44. The molecular weight excluding hydrogens is 489 g/mol. The van der Waals surface area contributed by atoms with E-state index in [1.54, 1.807) is 51.1 Å². The van der Waals surface area contributed by atoms with Crippen LogP contribution in [0.15, 0.2) is 42.7 Å². The molecule has 1 unspecified atom stereocenters. The summed E-state index contributed by atoms with van der Waals surface area (Å²) in [6.45, 7) is 4.79. The van der Waals surface area contributed by atoms with Gasteiger partial charge in [0.25, 0.3) is 5.91 Å². The van der Waals surface area contributed by atoms with Gasteiger partial charge in [-0.05, 0) is 56.7 Å². The normalized spacial score (nSPS) is 18.1. The van der Waals surface area contributed by atoms with Gasteiger partial charge in [-0.15, -0.1) is 0 Å². The lowest BCUT2D eigenvalue weighted by Crippen LogP contribution is -2.56. The van der Waals surface area contributed by atoms with Gasteiger partial charge in [-0.25, -0.2) is 4.79 Å². The van der Waals surface area contributed by atoms with Crippen LogP contribution in [0.1, 0.15) is 61.2 Å². The fourth-order valence-electron chi connectivity index (χ4n) is 5.07. The number of aliphatic hydroxyl groups is 1. The number of carbonyl (C=O) groups is 2. The molecule has 0 spiro atoms. The molecule has 3 aromatic rings. The van der Waals surface area contributed by atoms with Crippen LogP contribution < -0.4 is 5.32 Å². The summed E-state index contributed by atoms with van der Waals surface area (Å²) in [5.74, 6) is -0.245. The van der Waals surface area contributed by atoms with Crippen LogP contribution in [-0.2, 0) is 10.3 Å². The molecular formula is C26H27F3N4O4. The summed E-state index contributed by atoms with van der Waals surface area (Å²) in [5.41, 5.74) is -1.34. The van der Waals surface area contributed by atoms with E-state index in [1.807, 2.05) is 0 Å². The van der Waals surface area contributed by atoms with E-state index >= 15 is 0 Å². The highest BCUT2D eigenvalue weighted by molar-refractivity contribution is 6.24. The first-order valence-electron chi connectivity index (χ1n) is 12.0. The smallest absolute Gasteiger partial charge is 0.413 e. The molecule has 8 nitrogen and oxygen atoms in total. The Morgan fingerprint density at radius 2 is 1.86 bits per heavy atom. The first kappa shape index (κ1) is 25.1. The predicted octanol–water partition coefficient (Wildman–Crippen LogP) is 4.97. The van der Waals surface area contributed by atoms with Crippen LogP contribution >= 0.6 is 0 Å². The fraction of sp³-hybridized carbons (Fsp3) is 0.423. The van der Waals surface area contributed by atoms with E-state index in [4.69, 9.17) is 4.74 Å². The number of nitrogens with one attached hydrogen (secondary N) is 1. The molecule has 1 saturated heterocycles. The summed E-state index contributed by atoms with van der Waals surface area (Å²) in [4.78, 5) is 25.9. The number of aromatic nitrogens is 2. The molecule has 3 heterocycles. The van der Waals surface area contributed by atoms with Gasteiger partial charge in [0.2, 0.25) is 0 Å². The van der Waals surface area contributed by atoms with Crippen molar-refractivity contribution in [3.8, 4) is 0 Å². The number of anilines is 1. The number of piperidine rings is 1. The Hall–Kier alpha value is -3.60. The van der Waals surface area contributed by atoms with E-state index in [0.29, 0.717) is 27.6 Å². The Balaban J connectivity index is 1.44. The number of benzene rings is 2. The topological polar surface area (TPSA) is 96.7 Å². The molecule has 37 heavy (non-hydrogen) atoms. The number of rotatable bonds is 3. The molecule has 5 rings (SSSR count). The number of alkyl halides is 3. The number of ether oxygens (including phenoxy) is 1. The van der Waals surface area contributed by atoms with Crippen molar-refractivity contribution < 1.29 is 32.6 Å². The number of halogens is 3. The molecule has 2 amide bonds. The number of likely N-dealkylation sites (tertiary alicyclic amines) is 1. The quantitative estimate of drug-likeness (QED) is 0.512. The lowest BCUT2D eigenvalue weighted by Gasteiger charge is -2.42. The summed E-state index contributed by atoms with van der Waals surface area (Å²) >= 11 is 0. The zero-order valence-electron chi connectivity index (χ0n) is 20.6. The maximum Gasteiger partial charge on any atom is 0.413 e. The third kappa shape index (κ3) is 4.20. The van der Waals surface area contributed by atoms with Gasteiger partial charge in [-0.1, -0.05) is 18.2 Å². The van der Waals surface area contributed by atoms with E-state index in [2.05, 4.69) is 10.4 Å². The lowest BCUT2D eigenvalue weighted by atomic mass is 9.87. The van der Waals surface area contributed by atoms with E-state index in [1.165, 1.54) is 17.3 Å². The van der Waals surface area contributed by atoms with E-state index in [-0.39, 0.29) is 24.6 Å². The molecule has 1 atom stereocenters. The summed E-state index contributed by atoms with van der Waals surface area (Å²) in [6, 6.07) is 8.45. The highest BCUT2D eigenvalue weighted by Crippen LogP contribution is 2.45. The number of hydrogen-bond donors (Lipinski definition) is 2. The van der Waals surface area contributed by atoms with Crippen LogP contribution in [0.5, 0.6) is 0 Å². The zero-order valence-corrected chi connectivity index (χ0v) is 20.6. The molecule has 2 aliphatic heterocycles. The van der Waals surface area contributed by atoms with Crippen LogP contribution in [0.3, 0.4) is 0 Å². The molecule has 196 valence electrons. The molecule has 2 N–H and O–H groups in total. The largest absolute Gasteiger partial charge is 0.444 e. The van der Waals surface area contributed by atoms with Crippen molar-refractivity contribution in [3.05, 3.63) is 59.4 Å². The fourth-order valence-corrected chi connectivity index (χ4v) is 5.07. The first-order chi connectivity index (χ1) is 17.3. The second-order valence-corrected chi connectivity index (χ2v) is 10.5. The minimum atomic E-state index is -4.64. The highest BCUT2D eigenvalue weighted by Gasteiger charge is 2.58. The molecule has 0 radical (unpaired) electrons. The van der Waals surface area contributed by atoms with Gasteiger partial charge < -0.3 is 20.1 Å². The van der Waals surface area contributed by atoms with E-state index < -0.39 is 42.4 Å². The number of hydrogen-bond acceptors (Lipinski definition) is 5. The van der Waals surface area contributed by atoms with Crippen molar-refractivity contribution in [2.75, 3.05) is 18.4 Å². The van der Waals surface area contributed by atoms with Crippen molar-refractivity contribution >= 4 is 28.5 Å². The van der Waals surface area contributed by atoms with Crippen LogP contribution in [0, 0.1) is 0 Å². The van der Waals surface area contributed by atoms with Crippen molar-refractivity contribution in [2.45, 2.75) is 57.0 Å². The van der Waals surface area contributed by atoms with Gasteiger partial charge in [0.05, 0.1) is 6.20 Å². The molecule has 0 saturated carbocycles. The third-order valence-electron chi connectivity index (χ3n) is 6.99. The number of aliphatic hydroxyl groups excluding tert-OH is 1. The van der Waals surface area contributed by atoms with Gasteiger partial charge >= 0.3 is 12.3 Å². The van der Waals surface area contributed by atoms with Crippen molar-refractivity contribution in [3.63, 3.8) is 0 Å². The third-order valence-corrected chi connectivity index (χ3v) is 6.99. The van der Waals surface area contributed by atoms with Gasteiger partial charge in [0, 0.05) is 41.5 Å². The SMILES string of the molecule is CC(C)(C)OC(=O)N1CCC(n2cc(C(O)c3ccc4c5c(cccc35)C(=O)N4)cn2)(C(F)(F)F)CC1. The summed E-state index contributed by atoms with van der Waals surface area (Å²) < 4.78 is 49.5. The zero-order chi connectivity index (χ0) is 26.8. The minimum absolute atomic E-state index is 0.151. The van der Waals surface area contributed by atoms with E-state index in [0.717, 1.165) is 4.68 Å². The van der Waals surface area contributed by atoms with Crippen molar-refractivity contribution in [1.82, 2.24) is 14.7 Å². The lowest BCUT2D eigenvalue weighted by molar-refractivity contribution is -0.230. The monoisotopic (exact) mass is 516 g/mol. The second kappa shape index (κ2) is 8.47.